The van der Waals surface area contributed by atoms with E-state index in [0.717, 1.165) is 16.8 Å². The van der Waals surface area contributed by atoms with Gasteiger partial charge in [-0.15, -0.1) is 0 Å². The van der Waals surface area contributed by atoms with Gasteiger partial charge in [-0.2, -0.15) is 8.78 Å². The number of alkyl halides is 2. The normalized spacial score (nSPS) is 10.4. The summed E-state index contributed by atoms with van der Waals surface area (Å²) in [5, 5.41) is 6.75. The minimum Gasteiger partial charge on any atom is -0.493 e. The van der Waals surface area contributed by atoms with Crippen LogP contribution in [0, 0.1) is 6.92 Å². The largest absolute Gasteiger partial charge is 0.493 e. The van der Waals surface area contributed by atoms with E-state index in [2.05, 4.69) is 15.4 Å². The Labute approximate surface area is 151 Å². The molecule has 0 spiro atoms. The number of halogens is 2. The van der Waals surface area contributed by atoms with E-state index in [-0.39, 0.29) is 11.5 Å². The van der Waals surface area contributed by atoms with Crippen molar-refractivity contribution in [2.75, 3.05) is 19.0 Å². The smallest absolute Gasteiger partial charge is 0.387 e. The molecule has 0 saturated heterocycles. The van der Waals surface area contributed by atoms with Gasteiger partial charge in [0.1, 0.15) is 0 Å². The van der Waals surface area contributed by atoms with Gasteiger partial charge in [0.2, 0.25) is 0 Å². The molecule has 2 aromatic carbocycles. The molecule has 0 radical (unpaired) electrons. The number of rotatable bonds is 7. The van der Waals surface area contributed by atoms with Crippen LogP contribution >= 0.6 is 12.2 Å². The summed E-state index contributed by atoms with van der Waals surface area (Å²) in [6, 6.07) is 12.8. The van der Waals surface area contributed by atoms with Gasteiger partial charge in [-0.3, -0.25) is 0 Å². The fourth-order valence-electron chi connectivity index (χ4n) is 2.28. The highest BCUT2D eigenvalue weighted by atomic mass is 32.1. The van der Waals surface area contributed by atoms with Crippen molar-refractivity contribution in [2.45, 2.75) is 20.0 Å². The molecule has 0 fully saturated rings. The second-order valence-electron chi connectivity index (χ2n) is 5.36. The molecule has 134 valence electrons. The van der Waals surface area contributed by atoms with Crippen molar-refractivity contribution in [1.82, 2.24) is 5.32 Å². The maximum Gasteiger partial charge on any atom is 0.387 e. The minimum atomic E-state index is -2.88. The Hall–Kier alpha value is -2.41. The molecule has 4 nitrogen and oxygen atoms in total. The molecule has 0 aliphatic rings. The molecule has 0 heterocycles. The summed E-state index contributed by atoms with van der Waals surface area (Å²) < 4.78 is 34.1. The maximum atomic E-state index is 12.3. The highest BCUT2D eigenvalue weighted by Crippen LogP contribution is 2.29. The molecule has 0 aromatic heterocycles. The van der Waals surface area contributed by atoms with Crippen LogP contribution in [0.2, 0.25) is 0 Å². The van der Waals surface area contributed by atoms with Crippen LogP contribution in [0.15, 0.2) is 42.5 Å². The minimum absolute atomic E-state index is 0.0193. The summed E-state index contributed by atoms with van der Waals surface area (Å²) in [4.78, 5) is 0. The maximum absolute atomic E-state index is 12.3. The number of ether oxygens (including phenoxy) is 2. The van der Waals surface area contributed by atoms with Crippen LogP contribution in [0.1, 0.15) is 11.1 Å². The number of thiocarbonyl (C=S) groups is 1. The van der Waals surface area contributed by atoms with Crippen molar-refractivity contribution in [2.24, 2.45) is 0 Å². The standard InChI is InChI=1S/C18H20F2N2O2S/c1-12-4-3-5-14(10-12)22-18(25)21-9-8-13-6-7-15(24-17(19)20)16(11-13)23-2/h3-7,10-11,17H,8-9H2,1-2H3,(H2,21,22,25). The Balaban J connectivity index is 1.85. The zero-order valence-corrected chi connectivity index (χ0v) is 14.8. The predicted molar refractivity (Wildman–Crippen MR) is 98.7 cm³/mol. The number of hydrogen-bond donors (Lipinski definition) is 2. The molecule has 25 heavy (non-hydrogen) atoms. The molecule has 0 saturated carbocycles. The van der Waals surface area contributed by atoms with E-state index in [0.29, 0.717) is 18.1 Å². The van der Waals surface area contributed by atoms with Gasteiger partial charge in [-0.25, -0.2) is 0 Å². The summed E-state index contributed by atoms with van der Waals surface area (Å²) in [6.07, 6.45) is 0.654. The molecule has 2 aromatic rings. The first kappa shape index (κ1) is 18.9. The number of benzene rings is 2. The Morgan fingerprint density at radius 1 is 1.16 bits per heavy atom. The van der Waals surface area contributed by atoms with Crippen LogP contribution in [-0.2, 0) is 6.42 Å². The van der Waals surface area contributed by atoms with Crippen LogP contribution in [0.5, 0.6) is 11.5 Å². The first-order valence-electron chi connectivity index (χ1n) is 7.71. The molecule has 7 heteroatoms. The van der Waals surface area contributed by atoms with Gasteiger partial charge in [0, 0.05) is 12.2 Å². The lowest BCUT2D eigenvalue weighted by atomic mass is 10.1. The molecule has 0 amide bonds. The van der Waals surface area contributed by atoms with Crippen molar-refractivity contribution < 1.29 is 18.3 Å². The van der Waals surface area contributed by atoms with Gasteiger partial charge in [-0.05, 0) is 61.0 Å². The molecule has 0 atom stereocenters. The summed E-state index contributed by atoms with van der Waals surface area (Å²) in [5.74, 6) is 0.295. The van der Waals surface area contributed by atoms with Gasteiger partial charge in [-0.1, -0.05) is 18.2 Å². The number of aryl methyl sites for hydroxylation is 1. The second kappa shape index (κ2) is 9.17. The number of nitrogens with one attached hydrogen (secondary N) is 2. The lowest BCUT2D eigenvalue weighted by molar-refractivity contribution is -0.0512. The van der Waals surface area contributed by atoms with Crippen LogP contribution in [0.4, 0.5) is 14.5 Å². The van der Waals surface area contributed by atoms with Crippen LogP contribution in [0.3, 0.4) is 0 Å². The summed E-state index contributed by atoms with van der Waals surface area (Å²) in [5.41, 5.74) is 2.99. The van der Waals surface area contributed by atoms with Crippen molar-refractivity contribution in [3.8, 4) is 11.5 Å². The van der Waals surface area contributed by atoms with Crippen LogP contribution < -0.4 is 20.1 Å². The first-order valence-corrected chi connectivity index (χ1v) is 8.12. The predicted octanol–water partition coefficient (Wildman–Crippen LogP) is 4.13. The van der Waals surface area contributed by atoms with Gasteiger partial charge < -0.3 is 20.1 Å². The van der Waals surface area contributed by atoms with Gasteiger partial charge >= 0.3 is 6.61 Å². The van der Waals surface area contributed by atoms with Crippen molar-refractivity contribution in [1.29, 1.82) is 0 Å². The molecule has 0 bridgehead atoms. The van der Waals surface area contributed by atoms with E-state index in [1.807, 2.05) is 31.2 Å². The summed E-state index contributed by atoms with van der Waals surface area (Å²) >= 11 is 5.26. The van der Waals surface area contributed by atoms with Crippen molar-refractivity contribution in [3.05, 3.63) is 53.6 Å². The molecule has 2 rings (SSSR count). The zero-order valence-electron chi connectivity index (χ0n) is 14.0. The third-order valence-corrected chi connectivity index (χ3v) is 3.67. The van der Waals surface area contributed by atoms with E-state index >= 15 is 0 Å². The fraction of sp³-hybridized carbons (Fsp3) is 0.278. The number of methoxy groups -OCH3 is 1. The van der Waals surface area contributed by atoms with Crippen LogP contribution in [-0.4, -0.2) is 25.4 Å². The molecule has 2 N–H and O–H groups in total. The Morgan fingerprint density at radius 2 is 1.96 bits per heavy atom. The Kier molecular flexibility index (Phi) is 6.94. The fourth-order valence-corrected chi connectivity index (χ4v) is 2.50. The Morgan fingerprint density at radius 3 is 2.64 bits per heavy atom. The highest BCUT2D eigenvalue weighted by molar-refractivity contribution is 7.80. The average Bonchev–Trinajstić information content (AvgIpc) is 2.55. The third kappa shape index (κ3) is 6.19. The van der Waals surface area contributed by atoms with Gasteiger partial charge in [0.05, 0.1) is 7.11 Å². The lowest BCUT2D eigenvalue weighted by Gasteiger charge is -2.13. The lowest BCUT2D eigenvalue weighted by Crippen LogP contribution is -2.30. The Bertz CT molecular complexity index is 726. The van der Waals surface area contributed by atoms with E-state index in [1.165, 1.54) is 13.2 Å². The highest BCUT2D eigenvalue weighted by Gasteiger charge is 2.11. The topological polar surface area (TPSA) is 42.5 Å². The average molecular weight is 366 g/mol. The van der Waals surface area contributed by atoms with E-state index < -0.39 is 6.61 Å². The third-order valence-electron chi connectivity index (χ3n) is 3.42. The molecule has 0 aliphatic carbocycles. The first-order chi connectivity index (χ1) is 12.0. The van der Waals surface area contributed by atoms with Gasteiger partial charge in [0.25, 0.3) is 0 Å². The van der Waals surface area contributed by atoms with Crippen molar-refractivity contribution >= 4 is 23.0 Å². The summed E-state index contributed by atoms with van der Waals surface area (Å²) in [6.45, 7) is -0.279. The monoisotopic (exact) mass is 366 g/mol. The van der Waals surface area contributed by atoms with E-state index in [9.17, 15) is 8.78 Å². The molecular formula is C18H20F2N2O2S. The van der Waals surface area contributed by atoms with Gasteiger partial charge in [0.15, 0.2) is 16.6 Å². The van der Waals surface area contributed by atoms with Crippen LogP contribution in [0.25, 0.3) is 0 Å². The summed E-state index contributed by atoms with van der Waals surface area (Å²) in [7, 11) is 1.41. The SMILES string of the molecule is COc1cc(CCNC(=S)Nc2cccc(C)c2)ccc1OC(F)F. The molecule has 0 unspecified atom stereocenters. The van der Waals surface area contributed by atoms with E-state index in [4.69, 9.17) is 17.0 Å². The number of hydrogen-bond acceptors (Lipinski definition) is 3. The zero-order chi connectivity index (χ0) is 18.2. The molecular weight excluding hydrogens is 346 g/mol. The van der Waals surface area contributed by atoms with Crippen molar-refractivity contribution in [3.63, 3.8) is 0 Å². The second-order valence-corrected chi connectivity index (χ2v) is 5.77. The molecule has 0 aliphatic heterocycles. The quantitative estimate of drug-likeness (QED) is 0.721. The van der Waals surface area contributed by atoms with E-state index in [1.54, 1.807) is 12.1 Å². The number of anilines is 1.